The van der Waals surface area contributed by atoms with Crippen LogP contribution in [0.4, 0.5) is 5.69 Å². The van der Waals surface area contributed by atoms with E-state index in [1.165, 1.54) is 18.2 Å². The molecule has 0 saturated carbocycles. The predicted molar refractivity (Wildman–Crippen MR) is 87.1 cm³/mol. The van der Waals surface area contributed by atoms with Gasteiger partial charge in [0.15, 0.2) is 6.61 Å². The maximum absolute atomic E-state index is 11.9. The van der Waals surface area contributed by atoms with Crippen LogP contribution in [-0.4, -0.2) is 37.0 Å². The van der Waals surface area contributed by atoms with E-state index in [2.05, 4.69) is 10.6 Å². The predicted octanol–water partition coefficient (Wildman–Crippen LogP) is 1.11. The minimum Gasteiger partial charge on any atom is -0.452 e. The maximum atomic E-state index is 11.9. The zero-order valence-electron chi connectivity index (χ0n) is 13.0. The van der Waals surface area contributed by atoms with Crippen LogP contribution in [-0.2, 0) is 14.3 Å². The van der Waals surface area contributed by atoms with E-state index in [9.17, 15) is 14.4 Å². The van der Waals surface area contributed by atoms with Gasteiger partial charge in [0.1, 0.15) is 6.04 Å². The molecule has 23 heavy (non-hydrogen) atoms. The smallest absolute Gasteiger partial charge is 0.340 e. The molecule has 1 atom stereocenters. The van der Waals surface area contributed by atoms with Crippen molar-refractivity contribution in [3.05, 3.63) is 28.8 Å². The minimum atomic E-state index is -0.761. The van der Waals surface area contributed by atoms with E-state index < -0.39 is 24.5 Å². The number of nitrogens with two attached hydrogens (primary N) is 1. The van der Waals surface area contributed by atoms with Gasteiger partial charge in [-0.05, 0) is 31.5 Å². The lowest BCUT2D eigenvalue weighted by molar-refractivity contribution is -0.130. The van der Waals surface area contributed by atoms with Gasteiger partial charge in [-0.2, -0.15) is 0 Å². The molecule has 0 aromatic heterocycles. The number of carbonyl (C=O) groups excluding carboxylic acids is 3. The molecular formula is C15H20ClN3O4. The number of nitrogens with one attached hydrogen (secondary N) is 2. The van der Waals surface area contributed by atoms with Crippen molar-refractivity contribution in [1.29, 1.82) is 0 Å². The largest absolute Gasteiger partial charge is 0.452 e. The highest BCUT2D eigenvalue weighted by molar-refractivity contribution is 6.31. The van der Waals surface area contributed by atoms with Gasteiger partial charge in [0.2, 0.25) is 5.91 Å². The summed E-state index contributed by atoms with van der Waals surface area (Å²) in [5, 5.41) is 5.42. The number of carbonyl (C=O) groups is 3. The number of halogens is 1. The number of anilines is 1. The average Bonchev–Trinajstić information content (AvgIpc) is 2.52. The molecule has 1 rings (SSSR count). The Morgan fingerprint density at radius 2 is 2.04 bits per heavy atom. The molecule has 7 nitrogen and oxygen atoms in total. The number of esters is 1. The molecule has 0 unspecified atom stereocenters. The van der Waals surface area contributed by atoms with Crippen LogP contribution in [0.5, 0.6) is 0 Å². The number of hydrogen-bond donors (Lipinski definition) is 3. The highest BCUT2D eigenvalue weighted by Crippen LogP contribution is 2.18. The molecule has 0 bridgehead atoms. The normalized spacial score (nSPS) is 11.4. The van der Waals surface area contributed by atoms with Crippen molar-refractivity contribution in [3.63, 3.8) is 0 Å². The molecule has 1 aromatic rings. The standard InChI is InChI=1S/C15H20ClN3O4/c1-3-6-18-14(21)9(2)19-13(20)8-23-15(22)11-7-10(16)4-5-12(11)17/h4-5,7,9H,3,6,8,17H2,1-2H3,(H,18,21)(H,19,20)/t9-/m1/s1. The SMILES string of the molecule is CCCNC(=O)[C@@H](C)NC(=O)COC(=O)c1cc(Cl)ccc1N. The van der Waals surface area contributed by atoms with Crippen molar-refractivity contribution in [2.24, 2.45) is 0 Å². The summed E-state index contributed by atoms with van der Waals surface area (Å²) >= 11 is 5.78. The third kappa shape index (κ3) is 6.15. The second kappa shape index (κ2) is 8.99. The Morgan fingerprint density at radius 1 is 1.35 bits per heavy atom. The number of rotatable bonds is 7. The lowest BCUT2D eigenvalue weighted by Crippen LogP contribution is -2.46. The Bertz CT molecular complexity index is 592. The summed E-state index contributed by atoms with van der Waals surface area (Å²) in [6.07, 6.45) is 0.797. The first-order valence-electron chi connectivity index (χ1n) is 7.14. The van der Waals surface area contributed by atoms with Crippen LogP contribution in [0.3, 0.4) is 0 Å². The zero-order valence-corrected chi connectivity index (χ0v) is 13.8. The molecule has 126 valence electrons. The van der Waals surface area contributed by atoms with Crippen molar-refractivity contribution in [1.82, 2.24) is 10.6 Å². The molecule has 8 heteroatoms. The van der Waals surface area contributed by atoms with E-state index in [-0.39, 0.29) is 17.2 Å². The van der Waals surface area contributed by atoms with Gasteiger partial charge < -0.3 is 21.1 Å². The second-order valence-corrected chi connectivity index (χ2v) is 5.32. The Labute approximate surface area is 139 Å². The van der Waals surface area contributed by atoms with Crippen LogP contribution < -0.4 is 16.4 Å². The highest BCUT2D eigenvalue weighted by Gasteiger charge is 2.17. The minimum absolute atomic E-state index is 0.0824. The second-order valence-electron chi connectivity index (χ2n) is 4.89. The number of amides is 2. The van der Waals surface area contributed by atoms with Gasteiger partial charge >= 0.3 is 5.97 Å². The molecule has 0 heterocycles. The van der Waals surface area contributed by atoms with Gasteiger partial charge in [-0.1, -0.05) is 18.5 Å². The summed E-state index contributed by atoms with van der Waals surface area (Å²) in [5.41, 5.74) is 5.93. The summed E-state index contributed by atoms with van der Waals surface area (Å²) in [6.45, 7) is 3.47. The number of nitrogen functional groups attached to an aromatic ring is 1. The lowest BCUT2D eigenvalue weighted by atomic mass is 10.2. The lowest BCUT2D eigenvalue weighted by Gasteiger charge is -2.14. The van der Waals surface area contributed by atoms with E-state index in [4.69, 9.17) is 22.1 Å². The van der Waals surface area contributed by atoms with Crippen molar-refractivity contribution in [2.45, 2.75) is 26.3 Å². The van der Waals surface area contributed by atoms with Crippen LogP contribution in [0, 0.1) is 0 Å². The number of benzene rings is 1. The topological polar surface area (TPSA) is 111 Å². The first kappa shape index (κ1) is 18.8. The third-order valence-electron chi connectivity index (χ3n) is 2.89. The molecule has 0 fully saturated rings. The summed E-state index contributed by atoms with van der Waals surface area (Å²) in [4.78, 5) is 35.2. The van der Waals surface area contributed by atoms with E-state index >= 15 is 0 Å². The van der Waals surface area contributed by atoms with Gasteiger partial charge in [0.05, 0.1) is 5.56 Å². The molecular weight excluding hydrogens is 322 g/mol. The van der Waals surface area contributed by atoms with E-state index in [0.717, 1.165) is 6.42 Å². The quantitative estimate of drug-likeness (QED) is 0.508. The van der Waals surface area contributed by atoms with Crippen LogP contribution in [0.15, 0.2) is 18.2 Å². The fourth-order valence-corrected chi connectivity index (χ4v) is 1.84. The van der Waals surface area contributed by atoms with E-state index in [1.54, 1.807) is 6.92 Å². The molecule has 4 N–H and O–H groups in total. The van der Waals surface area contributed by atoms with Crippen molar-refractivity contribution in [2.75, 3.05) is 18.9 Å². The monoisotopic (exact) mass is 341 g/mol. The molecule has 0 saturated heterocycles. The zero-order chi connectivity index (χ0) is 17.4. The molecule has 2 amide bonds. The summed E-state index contributed by atoms with van der Waals surface area (Å²) in [7, 11) is 0. The van der Waals surface area contributed by atoms with Gasteiger partial charge in [0.25, 0.3) is 5.91 Å². The van der Waals surface area contributed by atoms with Gasteiger partial charge in [-0.3, -0.25) is 9.59 Å². The third-order valence-corrected chi connectivity index (χ3v) is 3.12. The number of ether oxygens (including phenoxy) is 1. The highest BCUT2D eigenvalue weighted by atomic mass is 35.5. The Morgan fingerprint density at radius 3 is 2.70 bits per heavy atom. The maximum Gasteiger partial charge on any atom is 0.340 e. The van der Waals surface area contributed by atoms with Gasteiger partial charge in [-0.15, -0.1) is 0 Å². The molecule has 0 aliphatic rings. The summed E-state index contributed by atoms with van der Waals surface area (Å²) < 4.78 is 4.87. The average molecular weight is 342 g/mol. The van der Waals surface area contributed by atoms with E-state index in [1.807, 2.05) is 6.92 Å². The Kier molecular flexibility index (Phi) is 7.34. The van der Waals surface area contributed by atoms with Crippen LogP contribution in [0.2, 0.25) is 5.02 Å². The first-order chi connectivity index (χ1) is 10.8. The number of hydrogen-bond acceptors (Lipinski definition) is 5. The fourth-order valence-electron chi connectivity index (χ4n) is 1.66. The van der Waals surface area contributed by atoms with Crippen molar-refractivity contribution >= 4 is 35.1 Å². The van der Waals surface area contributed by atoms with Crippen LogP contribution >= 0.6 is 11.6 Å². The van der Waals surface area contributed by atoms with E-state index in [0.29, 0.717) is 11.6 Å². The van der Waals surface area contributed by atoms with Crippen molar-refractivity contribution < 1.29 is 19.1 Å². The van der Waals surface area contributed by atoms with Crippen molar-refractivity contribution in [3.8, 4) is 0 Å². The van der Waals surface area contributed by atoms with Crippen LogP contribution in [0.1, 0.15) is 30.6 Å². The Balaban J connectivity index is 2.48. The molecule has 0 aliphatic carbocycles. The van der Waals surface area contributed by atoms with Gasteiger partial charge in [0, 0.05) is 17.3 Å². The summed E-state index contributed by atoms with van der Waals surface area (Å²) in [5.74, 6) is -1.65. The fraction of sp³-hybridized carbons (Fsp3) is 0.400. The molecule has 0 radical (unpaired) electrons. The Hall–Kier alpha value is -2.28. The van der Waals surface area contributed by atoms with Crippen LogP contribution in [0.25, 0.3) is 0 Å². The first-order valence-corrected chi connectivity index (χ1v) is 7.52. The molecule has 0 aliphatic heterocycles. The molecule has 1 aromatic carbocycles. The summed E-state index contributed by atoms with van der Waals surface area (Å²) in [6, 6.07) is 3.65. The molecule has 0 spiro atoms. The van der Waals surface area contributed by atoms with Gasteiger partial charge in [-0.25, -0.2) is 4.79 Å².